The van der Waals surface area contributed by atoms with Gasteiger partial charge in [-0.05, 0) is 38.1 Å². The number of carbonyl (C=O) groups is 1. The highest BCUT2D eigenvalue weighted by Crippen LogP contribution is 2.17. The first kappa shape index (κ1) is 18.4. The van der Waals surface area contributed by atoms with Crippen LogP contribution < -0.4 is 5.32 Å². The molecule has 1 unspecified atom stereocenters. The molecule has 130 valence electrons. The number of benzene rings is 1. The maximum atomic E-state index is 12.7. The summed E-state index contributed by atoms with van der Waals surface area (Å²) >= 11 is 0. The molecule has 0 saturated carbocycles. The van der Waals surface area contributed by atoms with Crippen LogP contribution in [0.15, 0.2) is 30.3 Å². The van der Waals surface area contributed by atoms with Gasteiger partial charge in [-0.15, -0.1) is 22.6 Å². The van der Waals surface area contributed by atoms with Crippen molar-refractivity contribution in [1.29, 1.82) is 0 Å². The maximum absolute atomic E-state index is 12.7. The number of likely N-dealkylation sites (N-methyl/N-ethyl adjacent to an activating group) is 1. The van der Waals surface area contributed by atoms with Gasteiger partial charge in [0.25, 0.3) is 0 Å². The van der Waals surface area contributed by atoms with E-state index in [-0.39, 0.29) is 24.4 Å². The summed E-state index contributed by atoms with van der Waals surface area (Å²) in [5, 5.41) is 15.8. The molecule has 3 rings (SSSR count). The van der Waals surface area contributed by atoms with Crippen molar-refractivity contribution in [3.05, 3.63) is 30.3 Å². The van der Waals surface area contributed by atoms with Crippen LogP contribution >= 0.6 is 12.4 Å². The van der Waals surface area contributed by atoms with E-state index in [0.29, 0.717) is 5.82 Å². The third-order valence-electron chi connectivity index (χ3n) is 4.37. The maximum Gasteiger partial charge on any atom is 0.249 e. The first-order chi connectivity index (χ1) is 11.2. The van der Waals surface area contributed by atoms with E-state index >= 15 is 0 Å². The van der Waals surface area contributed by atoms with Gasteiger partial charge in [0.15, 0.2) is 0 Å². The zero-order valence-corrected chi connectivity index (χ0v) is 14.7. The molecule has 1 aliphatic rings. The molecule has 2 aromatic rings. The van der Waals surface area contributed by atoms with Crippen molar-refractivity contribution >= 4 is 18.3 Å². The number of carbonyl (C=O) groups excluding carboxylic acids is 1. The largest absolute Gasteiger partial charge is 0.341 e. The summed E-state index contributed by atoms with van der Waals surface area (Å²) in [4.78, 5) is 15.9. The topological polar surface area (TPSA) is 75.9 Å². The fourth-order valence-corrected chi connectivity index (χ4v) is 2.86. The summed E-state index contributed by atoms with van der Waals surface area (Å²) in [6.45, 7) is 3.73. The number of halogens is 1. The van der Waals surface area contributed by atoms with Gasteiger partial charge >= 0.3 is 0 Å². The second kappa shape index (κ2) is 8.21. The minimum atomic E-state index is -0.458. The fraction of sp³-hybridized carbons (Fsp3) is 0.500. The first-order valence-corrected chi connectivity index (χ1v) is 7.99. The van der Waals surface area contributed by atoms with Crippen LogP contribution in [0.25, 0.3) is 11.4 Å². The molecule has 1 aromatic heterocycles. The van der Waals surface area contributed by atoms with E-state index in [1.54, 1.807) is 0 Å². The Morgan fingerprint density at radius 1 is 1.29 bits per heavy atom. The van der Waals surface area contributed by atoms with Gasteiger partial charge in [-0.2, -0.15) is 4.80 Å². The van der Waals surface area contributed by atoms with Crippen molar-refractivity contribution < 1.29 is 4.79 Å². The Labute approximate surface area is 147 Å². The minimum absolute atomic E-state index is 0. The molecule has 7 nitrogen and oxygen atoms in total. The number of aromatic nitrogens is 4. The molecule has 1 aliphatic heterocycles. The van der Waals surface area contributed by atoms with Crippen LogP contribution in [0.2, 0.25) is 0 Å². The fourth-order valence-electron chi connectivity index (χ4n) is 2.86. The highest BCUT2D eigenvalue weighted by Gasteiger charge is 2.27. The predicted octanol–water partition coefficient (Wildman–Crippen LogP) is 1.53. The lowest BCUT2D eigenvalue weighted by atomic mass is 10.0. The third-order valence-corrected chi connectivity index (χ3v) is 4.37. The minimum Gasteiger partial charge on any atom is -0.341 e. The van der Waals surface area contributed by atoms with Crippen molar-refractivity contribution in [2.24, 2.45) is 0 Å². The highest BCUT2D eigenvalue weighted by atomic mass is 35.5. The third kappa shape index (κ3) is 3.91. The lowest BCUT2D eigenvalue weighted by Crippen LogP contribution is -2.46. The van der Waals surface area contributed by atoms with Gasteiger partial charge in [0.1, 0.15) is 6.04 Å². The van der Waals surface area contributed by atoms with Crippen LogP contribution in [0.5, 0.6) is 0 Å². The molecule has 8 heteroatoms. The van der Waals surface area contributed by atoms with Gasteiger partial charge in [0.2, 0.25) is 11.7 Å². The number of tetrazole rings is 1. The monoisotopic (exact) mass is 350 g/mol. The van der Waals surface area contributed by atoms with Gasteiger partial charge in [-0.25, -0.2) is 0 Å². The lowest BCUT2D eigenvalue weighted by Gasteiger charge is -2.32. The van der Waals surface area contributed by atoms with Gasteiger partial charge < -0.3 is 10.2 Å². The summed E-state index contributed by atoms with van der Waals surface area (Å²) in [5.41, 5.74) is 0.894. The molecular formula is C16H23ClN6O. The van der Waals surface area contributed by atoms with Crippen molar-refractivity contribution in [3.8, 4) is 11.4 Å². The molecule has 2 heterocycles. The van der Waals surface area contributed by atoms with E-state index in [1.807, 2.05) is 49.2 Å². The van der Waals surface area contributed by atoms with Crippen molar-refractivity contribution in [2.45, 2.75) is 31.8 Å². The van der Waals surface area contributed by atoms with Crippen LogP contribution in [0.3, 0.4) is 0 Å². The molecule has 1 atom stereocenters. The van der Waals surface area contributed by atoms with Crippen LogP contribution in [-0.4, -0.2) is 57.2 Å². The van der Waals surface area contributed by atoms with Gasteiger partial charge in [0, 0.05) is 18.7 Å². The molecule has 0 bridgehead atoms. The Kier molecular flexibility index (Phi) is 6.28. The van der Waals surface area contributed by atoms with Crippen LogP contribution in [-0.2, 0) is 4.79 Å². The van der Waals surface area contributed by atoms with E-state index < -0.39 is 6.04 Å². The van der Waals surface area contributed by atoms with E-state index in [1.165, 1.54) is 4.80 Å². The Hall–Kier alpha value is -1.99. The van der Waals surface area contributed by atoms with E-state index in [2.05, 4.69) is 20.7 Å². The van der Waals surface area contributed by atoms with Crippen molar-refractivity contribution in [3.63, 3.8) is 0 Å². The molecular weight excluding hydrogens is 328 g/mol. The normalized spacial score (nSPS) is 16.2. The standard InChI is InChI=1S/C16H22N6O.ClH/c1-12(16(23)21(2)14-8-10-17-11-9-14)22-19-15(18-20-22)13-6-4-3-5-7-13;/h3-7,12,14,17H,8-11H2,1-2H3;1H. The summed E-state index contributed by atoms with van der Waals surface area (Å²) in [6, 6.07) is 9.46. The second-order valence-corrected chi connectivity index (χ2v) is 5.91. The first-order valence-electron chi connectivity index (χ1n) is 7.99. The Morgan fingerprint density at radius 2 is 1.96 bits per heavy atom. The smallest absolute Gasteiger partial charge is 0.249 e. The number of hydrogen-bond donors (Lipinski definition) is 1. The van der Waals surface area contributed by atoms with Crippen LogP contribution in [0.1, 0.15) is 25.8 Å². The number of amides is 1. The zero-order chi connectivity index (χ0) is 16.2. The van der Waals surface area contributed by atoms with Gasteiger partial charge in [-0.1, -0.05) is 30.3 Å². The number of nitrogens with zero attached hydrogens (tertiary/aromatic N) is 5. The molecule has 24 heavy (non-hydrogen) atoms. The lowest BCUT2D eigenvalue weighted by molar-refractivity contribution is -0.136. The summed E-state index contributed by atoms with van der Waals surface area (Å²) in [6.07, 6.45) is 1.96. The quantitative estimate of drug-likeness (QED) is 0.905. The molecule has 0 aliphatic carbocycles. The molecule has 1 saturated heterocycles. The molecule has 1 N–H and O–H groups in total. The van der Waals surface area contributed by atoms with Gasteiger partial charge in [-0.3, -0.25) is 4.79 Å². The van der Waals surface area contributed by atoms with E-state index in [4.69, 9.17) is 0 Å². The predicted molar refractivity (Wildman–Crippen MR) is 93.9 cm³/mol. The molecule has 1 fully saturated rings. The molecule has 0 spiro atoms. The van der Waals surface area contributed by atoms with Crippen molar-refractivity contribution in [1.82, 2.24) is 30.4 Å². The average molecular weight is 351 g/mol. The Morgan fingerprint density at radius 3 is 2.62 bits per heavy atom. The van der Waals surface area contributed by atoms with Crippen LogP contribution in [0.4, 0.5) is 0 Å². The number of hydrogen-bond acceptors (Lipinski definition) is 5. The summed E-state index contributed by atoms with van der Waals surface area (Å²) in [5.74, 6) is 0.559. The number of piperidine rings is 1. The molecule has 0 radical (unpaired) electrons. The van der Waals surface area contributed by atoms with E-state index in [0.717, 1.165) is 31.5 Å². The molecule has 1 aromatic carbocycles. The zero-order valence-electron chi connectivity index (χ0n) is 13.9. The second-order valence-electron chi connectivity index (χ2n) is 5.91. The van der Waals surface area contributed by atoms with Gasteiger partial charge in [0.05, 0.1) is 0 Å². The van der Waals surface area contributed by atoms with Crippen LogP contribution in [0, 0.1) is 0 Å². The Bertz CT molecular complexity index is 656. The Balaban J connectivity index is 0.00000208. The summed E-state index contributed by atoms with van der Waals surface area (Å²) in [7, 11) is 1.86. The highest BCUT2D eigenvalue weighted by molar-refractivity contribution is 5.85. The van der Waals surface area contributed by atoms with E-state index in [9.17, 15) is 4.79 Å². The average Bonchev–Trinajstić information content (AvgIpc) is 3.11. The SMILES string of the molecule is CC(C(=O)N(C)C1CCNCC1)n1nnc(-c2ccccc2)n1.Cl. The number of rotatable bonds is 4. The van der Waals surface area contributed by atoms with Crippen molar-refractivity contribution in [2.75, 3.05) is 20.1 Å². The summed E-state index contributed by atoms with van der Waals surface area (Å²) < 4.78 is 0. The number of nitrogens with one attached hydrogen (secondary N) is 1. The molecule has 1 amide bonds.